The monoisotopic (exact) mass is 317 g/mol. The van der Waals surface area contributed by atoms with Crippen molar-refractivity contribution in [1.82, 2.24) is 9.55 Å². The molecular formula is C13H14F3N3OS. The first-order valence-electron chi connectivity index (χ1n) is 6.64. The van der Waals surface area contributed by atoms with E-state index in [1.54, 1.807) is 23.4 Å². The summed E-state index contributed by atoms with van der Waals surface area (Å²) in [5.41, 5.74) is 0.457. The van der Waals surface area contributed by atoms with Crippen LogP contribution in [0.5, 0.6) is 0 Å². The fourth-order valence-electron chi connectivity index (χ4n) is 2.67. The van der Waals surface area contributed by atoms with E-state index in [1.165, 1.54) is 15.9 Å². The van der Waals surface area contributed by atoms with Gasteiger partial charge >= 0.3 is 6.18 Å². The number of thiophene rings is 1. The van der Waals surface area contributed by atoms with E-state index in [9.17, 15) is 18.0 Å². The standard InChI is InChI=1S/C13H14F3N3OS/c1-18-11(20)10-9(4-7-21-10)17-12(18)19-5-2-8(3-6-19)13(14,15)16/h4,7-8H,2-3,5-6H2,1H3. The molecule has 8 heteroatoms. The van der Waals surface area contributed by atoms with Crippen molar-refractivity contribution < 1.29 is 13.2 Å². The summed E-state index contributed by atoms with van der Waals surface area (Å²) in [4.78, 5) is 18.4. The molecule has 0 N–H and O–H groups in total. The maximum absolute atomic E-state index is 12.7. The number of fused-ring (bicyclic) bond motifs is 1. The van der Waals surface area contributed by atoms with Gasteiger partial charge in [-0.3, -0.25) is 9.36 Å². The van der Waals surface area contributed by atoms with E-state index >= 15 is 0 Å². The van der Waals surface area contributed by atoms with Gasteiger partial charge in [0.05, 0.1) is 11.4 Å². The van der Waals surface area contributed by atoms with Gasteiger partial charge in [-0.25, -0.2) is 4.98 Å². The third-order valence-corrected chi connectivity index (χ3v) is 4.80. The van der Waals surface area contributed by atoms with Crippen molar-refractivity contribution in [2.75, 3.05) is 18.0 Å². The third kappa shape index (κ3) is 2.52. The highest BCUT2D eigenvalue weighted by atomic mass is 32.1. The van der Waals surface area contributed by atoms with Gasteiger partial charge in [0.25, 0.3) is 5.56 Å². The Kier molecular flexibility index (Phi) is 3.43. The Labute approximate surface area is 122 Å². The first-order chi connectivity index (χ1) is 9.88. The van der Waals surface area contributed by atoms with E-state index in [4.69, 9.17) is 0 Å². The highest BCUT2D eigenvalue weighted by Crippen LogP contribution is 2.35. The summed E-state index contributed by atoms with van der Waals surface area (Å²) in [6.45, 7) is 0.528. The van der Waals surface area contributed by atoms with Crippen LogP contribution in [0.15, 0.2) is 16.2 Å². The van der Waals surface area contributed by atoms with Crippen molar-refractivity contribution in [2.24, 2.45) is 13.0 Å². The molecule has 2 aromatic rings. The first kappa shape index (κ1) is 14.4. The quantitative estimate of drug-likeness (QED) is 0.812. The fourth-order valence-corrected chi connectivity index (χ4v) is 3.47. The zero-order valence-corrected chi connectivity index (χ0v) is 12.2. The predicted molar refractivity (Wildman–Crippen MR) is 75.9 cm³/mol. The van der Waals surface area contributed by atoms with E-state index in [-0.39, 0.29) is 31.5 Å². The summed E-state index contributed by atoms with van der Waals surface area (Å²) in [7, 11) is 1.61. The molecule has 3 rings (SSSR count). The number of anilines is 1. The number of hydrogen-bond donors (Lipinski definition) is 0. The summed E-state index contributed by atoms with van der Waals surface area (Å²) in [5, 5.41) is 1.79. The largest absolute Gasteiger partial charge is 0.391 e. The molecule has 1 aliphatic rings. The van der Waals surface area contributed by atoms with Crippen molar-refractivity contribution in [3.63, 3.8) is 0 Å². The van der Waals surface area contributed by atoms with Gasteiger partial charge in [0, 0.05) is 20.1 Å². The number of piperidine rings is 1. The summed E-state index contributed by atoms with van der Waals surface area (Å²) in [5.74, 6) is -0.804. The topological polar surface area (TPSA) is 38.1 Å². The number of rotatable bonds is 1. The van der Waals surface area contributed by atoms with Gasteiger partial charge in [-0.05, 0) is 24.3 Å². The average Bonchev–Trinajstić information content (AvgIpc) is 2.90. The van der Waals surface area contributed by atoms with Gasteiger partial charge in [-0.15, -0.1) is 11.3 Å². The Hall–Kier alpha value is -1.57. The number of nitrogens with zero attached hydrogens (tertiary/aromatic N) is 3. The minimum absolute atomic E-state index is 0.0427. The van der Waals surface area contributed by atoms with Crippen molar-refractivity contribution in [1.29, 1.82) is 0 Å². The molecule has 0 saturated carbocycles. The second kappa shape index (κ2) is 5.01. The van der Waals surface area contributed by atoms with Crippen molar-refractivity contribution in [2.45, 2.75) is 19.0 Å². The van der Waals surface area contributed by atoms with E-state index in [2.05, 4.69) is 4.98 Å². The third-order valence-electron chi connectivity index (χ3n) is 3.90. The van der Waals surface area contributed by atoms with Gasteiger partial charge in [0.15, 0.2) is 0 Å². The average molecular weight is 317 g/mol. The lowest BCUT2D eigenvalue weighted by molar-refractivity contribution is -0.179. The van der Waals surface area contributed by atoms with Gasteiger partial charge in [-0.1, -0.05) is 0 Å². The molecule has 0 aromatic carbocycles. The molecule has 0 bridgehead atoms. The van der Waals surface area contributed by atoms with E-state index < -0.39 is 12.1 Å². The van der Waals surface area contributed by atoms with Gasteiger partial charge < -0.3 is 4.90 Å². The molecule has 0 amide bonds. The van der Waals surface area contributed by atoms with Crippen LogP contribution in [0.25, 0.3) is 10.2 Å². The van der Waals surface area contributed by atoms with Crippen LogP contribution in [0, 0.1) is 5.92 Å². The number of aromatic nitrogens is 2. The van der Waals surface area contributed by atoms with Crippen molar-refractivity contribution >= 4 is 27.5 Å². The molecule has 0 aliphatic carbocycles. The van der Waals surface area contributed by atoms with Gasteiger partial charge in [-0.2, -0.15) is 13.2 Å². The molecule has 21 heavy (non-hydrogen) atoms. The molecule has 1 saturated heterocycles. The van der Waals surface area contributed by atoms with Crippen LogP contribution in [0.3, 0.4) is 0 Å². The Bertz CT molecular complexity index is 714. The van der Waals surface area contributed by atoms with E-state index in [0.717, 1.165) is 0 Å². The first-order valence-corrected chi connectivity index (χ1v) is 7.52. The summed E-state index contributed by atoms with van der Waals surface area (Å²) < 4.78 is 40.1. The highest BCUT2D eigenvalue weighted by Gasteiger charge is 2.41. The maximum Gasteiger partial charge on any atom is 0.391 e. The molecule has 1 fully saturated rings. The zero-order chi connectivity index (χ0) is 15.2. The van der Waals surface area contributed by atoms with Crippen LogP contribution in [-0.4, -0.2) is 28.8 Å². The SMILES string of the molecule is Cn1c(N2CCC(C(F)(F)F)CC2)nc2ccsc2c1=O. The normalized spacial score (nSPS) is 17.6. The zero-order valence-electron chi connectivity index (χ0n) is 11.4. The number of alkyl halides is 3. The second-order valence-electron chi connectivity index (χ2n) is 5.21. The summed E-state index contributed by atoms with van der Waals surface area (Å²) in [6, 6.07) is 1.76. The maximum atomic E-state index is 12.7. The van der Waals surface area contributed by atoms with Crippen LogP contribution in [-0.2, 0) is 7.05 Å². The van der Waals surface area contributed by atoms with Gasteiger partial charge in [0.2, 0.25) is 5.95 Å². The van der Waals surface area contributed by atoms with Crippen molar-refractivity contribution in [3.05, 3.63) is 21.8 Å². The Morgan fingerprint density at radius 2 is 2.00 bits per heavy atom. The van der Waals surface area contributed by atoms with Gasteiger partial charge in [0.1, 0.15) is 4.70 Å². The molecule has 2 aromatic heterocycles. The lowest BCUT2D eigenvalue weighted by atomic mass is 9.96. The molecule has 0 atom stereocenters. The second-order valence-corrected chi connectivity index (χ2v) is 6.13. The minimum atomic E-state index is -4.14. The Morgan fingerprint density at radius 3 is 2.62 bits per heavy atom. The molecule has 3 heterocycles. The van der Waals surface area contributed by atoms with E-state index in [1.807, 2.05) is 0 Å². The lowest BCUT2D eigenvalue weighted by Crippen LogP contribution is -2.41. The smallest absolute Gasteiger partial charge is 0.342 e. The predicted octanol–water partition coefficient (Wildman–Crippen LogP) is 2.77. The minimum Gasteiger partial charge on any atom is -0.342 e. The Morgan fingerprint density at radius 1 is 1.33 bits per heavy atom. The summed E-state index contributed by atoms with van der Waals surface area (Å²) in [6.07, 6.45) is -4.05. The Balaban J connectivity index is 1.89. The van der Waals surface area contributed by atoms with Crippen LogP contribution in [0.1, 0.15) is 12.8 Å². The van der Waals surface area contributed by atoms with Crippen molar-refractivity contribution in [3.8, 4) is 0 Å². The molecule has 1 aliphatic heterocycles. The molecule has 0 radical (unpaired) electrons. The lowest BCUT2D eigenvalue weighted by Gasteiger charge is -2.34. The molecule has 0 unspecified atom stereocenters. The van der Waals surface area contributed by atoms with Crippen LogP contribution in [0.4, 0.5) is 19.1 Å². The van der Waals surface area contributed by atoms with Crippen LogP contribution in [0.2, 0.25) is 0 Å². The van der Waals surface area contributed by atoms with Crippen LogP contribution >= 0.6 is 11.3 Å². The fraction of sp³-hybridized carbons (Fsp3) is 0.538. The van der Waals surface area contributed by atoms with E-state index in [0.29, 0.717) is 16.2 Å². The molecule has 0 spiro atoms. The molecule has 114 valence electrons. The van der Waals surface area contributed by atoms with Crippen LogP contribution < -0.4 is 10.5 Å². The number of halogens is 3. The molecular weight excluding hydrogens is 303 g/mol. The number of hydrogen-bond acceptors (Lipinski definition) is 4. The molecule has 4 nitrogen and oxygen atoms in total. The highest BCUT2D eigenvalue weighted by molar-refractivity contribution is 7.17. The summed E-state index contributed by atoms with van der Waals surface area (Å²) >= 11 is 1.32.